The maximum absolute atomic E-state index is 5.38. The maximum Gasteiger partial charge on any atom is 0.131 e. The fourth-order valence-corrected chi connectivity index (χ4v) is 3.07. The van der Waals surface area contributed by atoms with Gasteiger partial charge in [-0.25, -0.2) is 0 Å². The average molecular weight is 270 g/mol. The second kappa shape index (κ2) is 6.56. The number of ether oxygens (including phenoxy) is 1. The maximum atomic E-state index is 5.38. The van der Waals surface area contributed by atoms with Crippen molar-refractivity contribution in [3.05, 3.63) is 10.0 Å². The van der Waals surface area contributed by atoms with Crippen LogP contribution in [0.15, 0.2) is 0 Å². The molecule has 0 aromatic carbocycles. The molecule has 2 heterocycles. The van der Waals surface area contributed by atoms with Gasteiger partial charge in [-0.1, -0.05) is 0 Å². The molecule has 2 rings (SSSR count). The van der Waals surface area contributed by atoms with Gasteiger partial charge in [-0.05, 0) is 20.9 Å². The molecule has 5 nitrogen and oxygen atoms in total. The molecule has 0 aliphatic carbocycles. The lowest BCUT2D eigenvalue weighted by atomic mass is 10.2. The highest BCUT2D eigenvalue weighted by atomic mass is 32.1. The van der Waals surface area contributed by atoms with Gasteiger partial charge in [0.15, 0.2) is 0 Å². The summed E-state index contributed by atoms with van der Waals surface area (Å²) in [6, 6.07) is 0.563. The smallest absolute Gasteiger partial charge is 0.131 e. The quantitative estimate of drug-likeness (QED) is 0.798. The van der Waals surface area contributed by atoms with E-state index in [0.29, 0.717) is 6.04 Å². The molecule has 1 atom stereocenters. The fourth-order valence-electron chi connectivity index (χ4n) is 2.28. The van der Waals surface area contributed by atoms with Crippen molar-refractivity contribution in [2.24, 2.45) is 0 Å². The highest BCUT2D eigenvalue weighted by molar-refractivity contribution is 7.11. The van der Waals surface area contributed by atoms with Crippen LogP contribution >= 0.6 is 11.3 Å². The molecule has 0 bridgehead atoms. The van der Waals surface area contributed by atoms with Crippen LogP contribution in [-0.2, 0) is 11.3 Å². The lowest BCUT2D eigenvalue weighted by Crippen LogP contribution is -2.46. The fraction of sp³-hybridized carbons (Fsp3) is 0.833. The van der Waals surface area contributed by atoms with E-state index < -0.39 is 0 Å². The van der Waals surface area contributed by atoms with Crippen LogP contribution in [0.4, 0.5) is 0 Å². The van der Waals surface area contributed by atoms with Crippen LogP contribution in [-0.4, -0.2) is 65.9 Å². The number of likely N-dealkylation sites (N-methyl/N-ethyl adjacent to an activating group) is 1. The van der Waals surface area contributed by atoms with Gasteiger partial charge < -0.3 is 4.74 Å². The van der Waals surface area contributed by atoms with E-state index in [1.807, 2.05) is 6.92 Å². The van der Waals surface area contributed by atoms with E-state index in [0.717, 1.165) is 49.4 Å². The van der Waals surface area contributed by atoms with Crippen molar-refractivity contribution in [2.45, 2.75) is 26.4 Å². The molecular weight excluding hydrogens is 248 g/mol. The Balaban J connectivity index is 1.77. The number of nitrogens with zero attached hydrogens (tertiary/aromatic N) is 4. The Bertz CT molecular complexity index is 365. The Kier molecular flexibility index (Phi) is 5.05. The topological polar surface area (TPSA) is 41.5 Å². The van der Waals surface area contributed by atoms with Gasteiger partial charge in [0.05, 0.1) is 19.8 Å². The summed E-state index contributed by atoms with van der Waals surface area (Å²) in [6.07, 6.45) is 0. The summed E-state index contributed by atoms with van der Waals surface area (Å²) in [6.45, 7) is 10.1. The van der Waals surface area contributed by atoms with Gasteiger partial charge in [0, 0.05) is 25.7 Å². The van der Waals surface area contributed by atoms with Crippen molar-refractivity contribution in [1.82, 2.24) is 20.0 Å². The van der Waals surface area contributed by atoms with Crippen LogP contribution in [0, 0.1) is 6.92 Å². The Labute approximate surface area is 113 Å². The number of aromatic nitrogens is 2. The van der Waals surface area contributed by atoms with E-state index in [4.69, 9.17) is 4.74 Å². The zero-order chi connectivity index (χ0) is 13.0. The first-order chi connectivity index (χ1) is 8.65. The average Bonchev–Trinajstić information content (AvgIpc) is 2.75. The minimum Gasteiger partial charge on any atom is -0.379 e. The highest BCUT2D eigenvalue weighted by Crippen LogP contribution is 2.11. The summed E-state index contributed by atoms with van der Waals surface area (Å²) in [4.78, 5) is 4.81. The number of rotatable bonds is 5. The van der Waals surface area contributed by atoms with Crippen molar-refractivity contribution < 1.29 is 4.74 Å². The molecule has 102 valence electrons. The van der Waals surface area contributed by atoms with Crippen molar-refractivity contribution in [3.8, 4) is 0 Å². The van der Waals surface area contributed by atoms with Crippen LogP contribution in [0.1, 0.15) is 16.9 Å². The van der Waals surface area contributed by atoms with Gasteiger partial charge in [0.1, 0.15) is 10.0 Å². The molecule has 0 amide bonds. The SMILES string of the molecule is Cc1nnc(CN(C)CC(C)N2CCOCC2)s1. The number of hydrogen-bond donors (Lipinski definition) is 0. The lowest BCUT2D eigenvalue weighted by molar-refractivity contribution is 0.0137. The van der Waals surface area contributed by atoms with Gasteiger partial charge in [0.25, 0.3) is 0 Å². The largest absolute Gasteiger partial charge is 0.379 e. The van der Waals surface area contributed by atoms with E-state index in [9.17, 15) is 0 Å². The third-order valence-corrected chi connectivity index (χ3v) is 4.04. The van der Waals surface area contributed by atoms with Crippen LogP contribution in [0.2, 0.25) is 0 Å². The highest BCUT2D eigenvalue weighted by Gasteiger charge is 2.18. The summed E-state index contributed by atoms with van der Waals surface area (Å²) >= 11 is 1.68. The van der Waals surface area contributed by atoms with Gasteiger partial charge in [-0.3, -0.25) is 9.80 Å². The second-order valence-electron chi connectivity index (χ2n) is 4.91. The molecule has 0 radical (unpaired) electrons. The zero-order valence-electron chi connectivity index (χ0n) is 11.4. The van der Waals surface area contributed by atoms with E-state index in [2.05, 4.69) is 34.0 Å². The Hall–Kier alpha value is -0.560. The lowest BCUT2D eigenvalue weighted by Gasteiger charge is -2.34. The van der Waals surface area contributed by atoms with Crippen LogP contribution in [0.25, 0.3) is 0 Å². The molecule has 1 aliphatic rings. The number of aryl methyl sites for hydroxylation is 1. The van der Waals surface area contributed by atoms with E-state index in [1.54, 1.807) is 11.3 Å². The first-order valence-electron chi connectivity index (χ1n) is 6.44. The molecule has 1 unspecified atom stereocenters. The molecule has 1 saturated heterocycles. The van der Waals surface area contributed by atoms with Crippen molar-refractivity contribution in [1.29, 1.82) is 0 Å². The zero-order valence-corrected chi connectivity index (χ0v) is 12.2. The Morgan fingerprint density at radius 2 is 2.11 bits per heavy atom. The van der Waals surface area contributed by atoms with Gasteiger partial charge >= 0.3 is 0 Å². The molecule has 1 aliphatic heterocycles. The van der Waals surface area contributed by atoms with Crippen LogP contribution in [0.5, 0.6) is 0 Å². The van der Waals surface area contributed by atoms with Crippen LogP contribution in [0.3, 0.4) is 0 Å². The monoisotopic (exact) mass is 270 g/mol. The molecule has 1 aromatic rings. The van der Waals surface area contributed by atoms with E-state index in [1.165, 1.54) is 0 Å². The summed E-state index contributed by atoms with van der Waals surface area (Å²) < 4.78 is 5.38. The molecule has 1 fully saturated rings. The third-order valence-electron chi connectivity index (χ3n) is 3.22. The Morgan fingerprint density at radius 3 is 2.72 bits per heavy atom. The number of hydrogen-bond acceptors (Lipinski definition) is 6. The van der Waals surface area contributed by atoms with E-state index >= 15 is 0 Å². The number of morpholine rings is 1. The van der Waals surface area contributed by atoms with Gasteiger partial charge in [-0.2, -0.15) is 0 Å². The van der Waals surface area contributed by atoms with Crippen LogP contribution < -0.4 is 0 Å². The van der Waals surface area contributed by atoms with Gasteiger partial charge in [0.2, 0.25) is 0 Å². The summed E-state index contributed by atoms with van der Waals surface area (Å²) in [5, 5.41) is 10.4. The van der Waals surface area contributed by atoms with E-state index in [-0.39, 0.29) is 0 Å². The molecule has 0 spiro atoms. The first kappa shape index (κ1) is 13.9. The van der Waals surface area contributed by atoms with Gasteiger partial charge in [-0.15, -0.1) is 21.5 Å². The molecule has 6 heteroatoms. The van der Waals surface area contributed by atoms with Crippen molar-refractivity contribution >= 4 is 11.3 Å². The second-order valence-corrected chi connectivity index (χ2v) is 6.18. The molecule has 18 heavy (non-hydrogen) atoms. The molecule has 0 saturated carbocycles. The standard InChI is InChI=1S/C12H22N4OS/c1-10(16-4-6-17-7-5-16)8-15(3)9-12-14-13-11(2)18-12/h10H,4-9H2,1-3H3. The summed E-state index contributed by atoms with van der Waals surface area (Å²) in [5.74, 6) is 0. The minimum atomic E-state index is 0.563. The molecule has 0 N–H and O–H groups in total. The third kappa shape index (κ3) is 3.98. The first-order valence-corrected chi connectivity index (χ1v) is 7.26. The predicted octanol–water partition coefficient (Wildman–Crippen LogP) is 0.999. The summed E-state index contributed by atoms with van der Waals surface area (Å²) in [7, 11) is 2.15. The normalized spacial score (nSPS) is 19.3. The molecule has 1 aromatic heterocycles. The van der Waals surface area contributed by atoms with Crippen molar-refractivity contribution in [2.75, 3.05) is 39.9 Å². The molecular formula is C12H22N4OS. The van der Waals surface area contributed by atoms with Crippen molar-refractivity contribution in [3.63, 3.8) is 0 Å². The predicted molar refractivity (Wildman–Crippen MR) is 72.8 cm³/mol. The Morgan fingerprint density at radius 1 is 1.39 bits per heavy atom. The summed E-state index contributed by atoms with van der Waals surface area (Å²) in [5.41, 5.74) is 0. The minimum absolute atomic E-state index is 0.563.